The van der Waals surface area contributed by atoms with Gasteiger partial charge in [0.15, 0.2) is 5.79 Å². The number of rotatable bonds is 8. The van der Waals surface area contributed by atoms with Gasteiger partial charge in [-0.1, -0.05) is 6.08 Å². The Bertz CT molecular complexity index is 295. The maximum atomic E-state index is 9.87. The first-order valence-electron chi connectivity index (χ1n) is 7.31. The van der Waals surface area contributed by atoms with Crippen molar-refractivity contribution in [1.29, 1.82) is 0 Å². The van der Waals surface area contributed by atoms with Crippen LogP contribution in [-0.4, -0.2) is 53.1 Å². The molecule has 5 heteroatoms. The van der Waals surface area contributed by atoms with E-state index in [0.717, 1.165) is 19.3 Å². The molecule has 3 unspecified atom stereocenters. The van der Waals surface area contributed by atoms with E-state index in [1.54, 1.807) is 14.0 Å². The largest absolute Gasteiger partial charge is 0.393 e. The zero-order valence-electron chi connectivity index (χ0n) is 12.5. The van der Waals surface area contributed by atoms with Crippen molar-refractivity contribution in [2.24, 2.45) is 0 Å². The highest BCUT2D eigenvalue weighted by Gasteiger charge is 2.30. The summed E-state index contributed by atoms with van der Waals surface area (Å²) in [4.78, 5) is 0. The van der Waals surface area contributed by atoms with Gasteiger partial charge in [0.2, 0.25) is 0 Å². The van der Waals surface area contributed by atoms with Crippen LogP contribution in [0.1, 0.15) is 45.4 Å². The quantitative estimate of drug-likeness (QED) is 0.588. The molecule has 0 saturated carbocycles. The van der Waals surface area contributed by atoms with Gasteiger partial charge in [0.1, 0.15) is 0 Å². The van der Waals surface area contributed by atoms with Gasteiger partial charge in [-0.2, -0.15) is 0 Å². The van der Waals surface area contributed by atoms with Crippen LogP contribution in [0.4, 0.5) is 0 Å². The average molecular weight is 288 g/mol. The van der Waals surface area contributed by atoms with Gasteiger partial charge in [-0.15, -0.1) is 0 Å². The summed E-state index contributed by atoms with van der Waals surface area (Å²) in [5.74, 6) is -0.644. The SMILES string of the molecule is COC1(/C=C\CC(O)CCC(C)(O)CO)CCCCO1. The number of ether oxygens (including phenoxy) is 2. The van der Waals surface area contributed by atoms with E-state index in [0.29, 0.717) is 25.9 Å². The van der Waals surface area contributed by atoms with E-state index in [1.165, 1.54) is 0 Å². The summed E-state index contributed by atoms with van der Waals surface area (Å²) in [6.07, 6.45) is 7.45. The molecule has 5 nitrogen and oxygen atoms in total. The predicted octanol–water partition coefficient (Wildman–Crippen LogP) is 1.36. The monoisotopic (exact) mass is 288 g/mol. The molecular formula is C15H28O5. The zero-order chi connectivity index (χ0) is 15.1. The van der Waals surface area contributed by atoms with Crippen molar-refractivity contribution in [3.05, 3.63) is 12.2 Å². The molecule has 1 saturated heterocycles. The molecule has 0 aromatic carbocycles. The van der Waals surface area contributed by atoms with Crippen molar-refractivity contribution in [3.63, 3.8) is 0 Å². The lowest BCUT2D eigenvalue weighted by molar-refractivity contribution is -0.208. The zero-order valence-corrected chi connectivity index (χ0v) is 12.5. The molecule has 3 N–H and O–H groups in total. The van der Waals surface area contributed by atoms with Crippen molar-refractivity contribution in [1.82, 2.24) is 0 Å². The molecule has 1 aliphatic rings. The summed E-state index contributed by atoms with van der Waals surface area (Å²) in [5.41, 5.74) is -1.12. The van der Waals surface area contributed by atoms with E-state index >= 15 is 0 Å². The fourth-order valence-corrected chi connectivity index (χ4v) is 2.23. The highest BCUT2D eigenvalue weighted by molar-refractivity contribution is 4.98. The number of methoxy groups -OCH3 is 1. The highest BCUT2D eigenvalue weighted by Crippen LogP contribution is 2.27. The van der Waals surface area contributed by atoms with Gasteiger partial charge in [-0.25, -0.2) is 0 Å². The van der Waals surface area contributed by atoms with E-state index in [9.17, 15) is 10.2 Å². The lowest BCUT2D eigenvalue weighted by Gasteiger charge is -2.33. The molecule has 0 aromatic heterocycles. The van der Waals surface area contributed by atoms with E-state index in [2.05, 4.69) is 0 Å². The lowest BCUT2D eigenvalue weighted by atomic mass is 9.97. The van der Waals surface area contributed by atoms with Crippen molar-refractivity contribution < 1.29 is 24.8 Å². The molecule has 3 atom stereocenters. The van der Waals surface area contributed by atoms with E-state index in [-0.39, 0.29) is 6.61 Å². The molecule has 1 heterocycles. The lowest BCUT2D eigenvalue weighted by Crippen LogP contribution is -2.36. The van der Waals surface area contributed by atoms with Crippen molar-refractivity contribution in [3.8, 4) is 0 Å². The summed E-state index contributed by atoms with van der Waals surface area (Å²) in [6.45, 7) is 1.96. The summed E-state index contributed by atoms with van der Waals surface area (Å²) < 4.78 is 11.1. The van der Waals surface area contributed by atoms with Gasteiger partial charge in [0.25, 0.3) is 0 Å². The van der Waals surface area contributed by atoms with Crippen molar-refractivity contribution in [2.45, 2.75) is 62.9 Å². The molecule has 20 heavy (non-hydrogen) atoms. The van der Waals surface area contributed by atoms with Crippen LogP contribution >= 0.6 is 0 Å². The fraction of sp³-hybridized carbons (Fsp3) is 0.867. The Labute approximate surface area is 121 Å². The van der Waals surface area contributed by atoms with Crippen LogP contribution in [0.25, 0.3) is 0 Å². The molecular weight excluding hydrogens is 260 g/mol. The third-order valence-corrected chi connectivity index (χ3v) is 3.75. The second-order valence-corrected chi connectivity index (χ2v) is 5.81. The van der Waals surface area contributed by atoms with Gasteiger partial charge in [-0.3, -0.25) is 0 Å². The summed E-state index contributed by atoms with van der Waals surface area (Å²) in [6, 6.07) is 0. The highest BCUT2D eigenvalue weighted by atomic mass is 16.7. The first-order chi connectivity index (χ1) is 9.43. The number of aliphatic hydroxyl groups is 3. The molecule has 0 aromatic rings. The minimum Gasteiger partial charge on any atom is -0.393 e. The minimum atomic E-state index is -1.12. The number of aliphatic hydroxyl groups excluding tert-OH is 2. The van der Waals surface area contributed by atoms with Crippen LogP contribution in [0, 0.1) is 0 Å². The molecule has 0 radical (unpaired) electrons. The van der Waals surface area contributed by atoms with Gasteiger partial charge in [0.05, 0.1) is 24.9 Å². The summed E-state index contributed by atoms with van der Waals surface area (Å²) >= 11 is 0. The summed E-state index contributed by atoms with van der Waals surface area (Å²) in [7, 11) is 1.63. The first-order valence-corrected chi connectivity index (χ1v) is 7.31. The van der Waals surface area contributed by atoms with Crippen molar-refractivity contribution >= 4 is 0 Å². The number of hydrogen-bond donors (Lipinski definition) is 3. The van der Waals surface area contributed by atoms with Gasteiger partial charge >= 0.3 is 0 Å². The van der Waals surface area contributed by atoms with E-state index in [1.807, 2.05) is 12.2 Å². The Balaban J connectivity index is 2.35. The normalized spacial score (nSPS) is 28.4. The topological polar surface area (TPSA) is 79.2 Å². The van der Waals surface area contributed by atoms with Crippen LogP contribution in [-0.2, 0) is 9.47 Å². The van der Waals surface area contributed by atoms with Crippen LogP contribution in [0.3, 0.4) is 0 Å². The van der Waals surface area contributed by atoms with Crippen LogP contribution in [0.2, 0.25) is 0 Å². The van der Waals surface area contributed by atoms with Crippen LogP contribution in [0.15, 0.2) is 12.2 Å². The Kier molecular flexibility index (Phi) is 7.12. The maximum absolute atomic E-state index is 9.87. The molecule has 1 rings (SSSR count). The molecule has 0 aliphatic carbocycles. The first kappa shape index (κ1) is 17.6. The van der Waals surface area contributed by atoms with Crippen molar-refractivity contribution in [2.75, 3.05) is 20.3 Å². The fourth-order valence-electron chi connectivity index (χ4n) is 2.23. The smallest absolute Gasteiger partial charge is 0.187 e. The van der Waals surface area contributed by atoms with Crippen LogP contribution in [0.5, 0.6) is 0 Å². The molecule has 0 spiro atoms. The average Bonchev–Trinajstić information content (AvgIpc) is 2.46. The maximum Gasteiger partial charge on any atom is 0.187 e. The standard InChI is InChI=1S/C15H28O5/c1-14(18,12-16)10-7-13(17)6-5-9-15(19-2)8-3-4-11-20-15/h5,9,13,16-18H,3-4,6-8,10-12H2,1-2H3/b9-5-. The molecule has 118 valence electrons. The second-order valence-electron chi connectivity index (χ2n) is 5.81. The minimum absolute atomic E-state index is 0.295. The van der Waals surface area contributed by atoms with E-state index in [4.69, 9.17) is 14.6 Å². The van der Waals surface area contributed by atoms with E-state index < -0.39 is 17.5 Å². The Morgan fingerprint density at radius 3 is 2.75 bits per heavy atom. The Morgan fingerprint density at radius 2 is 2.20 bits per heavy atom. The molecule has 0 bridgehead atoms. The molecule has 1 fully saturated rings. The summed E-state index contributed by atoms with van der Waals surface area (Å²) in [5, 5.41) is 28.5. The second kappa shape index (κ2) is 8.10. The van der Waals surface area contributed by atoms with Gasteiger partial charge in [-0.05, 0) is 45.1 Å². The van der Waals surface area contributed by atoms with Gasteiger partial charge < -0.3 is 24.8 Å². The Hall–Kier alpha value is -0.460. The predicted molar refractivity (Wildman–Crippen MR) is 76.3 cm³/mol. The Morgan fingerprint density at radius 1 is 1.45 bits per heavy atom. The molecule has 0 amide bonds. The van der Waals surface area contributed by atoms with Crippen LogP contribution < -0.4 is 0 Å². The number of hydrogen-bond acceptors (Lipinski definition) is 5. The van der Waals surface area contributed by atoms with Gasteiger partial charge in [0, 0.05) is 13.5 Å². The third-order valence-electron chi connectivity index (χ3n) is 3.75. The third kappa shape index (κ3) is 5.89. The molecule has 1 aliphatic heterocycles.